The predicted octanol–water partition coefficient (Wildman–Crippen LogP) is -0.120. The van der Waals surface area contributed by atoms with Crippen LogP contribution < -0.4 is 4.72 Å². The molecule has 0 bridgehead atoms. The lowest BCUT2D eigenvalue weighted by atomic mass is 10.2. The third kappa shape index (κ3) is 5.45. The summed E-state index contributed by atoms with van der Waals surface area (Å²) in [6, 6.07) is 10.2. The van der Waals surface area contributed by atoms with E-state index in [-0.39, 0.29) is 12.5 Å². The van der Waals surface area contributed by atoms with Crippen LogP contribution in [-0.2, 0) is 21.4 Å². The smallest absolute Gasteiger partial charge is 0.237 e. The van der Waals surface area contributed by atoms with E-state index in [9.17, 15) is 13.2 Å². The van der Waals surface area contributed by atoms with Crippen LogP contribution in [0.2, 0.25) is 0 Å². The van der Waals surface area contributed by atoms with Gasteiger partial charge in [-0.3, -0.25) is 9.69 Å². The van der Waals surface area contributed by atoms with Crippen LogP contribution in [0.1, 0.15) is 5.56 Å². The van der Waals surface area contributed by atoms with Gasteiger partial charge in [-0.25, -0.2) is 13.1 Å². The van der Waals surface area contributed by atoms with Gasteiger partial charge in [0.2, 0.25) is 15.9 Å². The first kappa shape index (κ1) is 15.9. The van der Waals surface area contributed by atoms with Crippen LogP contribution in [0, 0.1) is 0 Å². The van der Waals surface area contributed by atoms with Crippen molar-refractivity contribution in [3.05, 3.63) is 35.9 Å². The van der Waals surface area contributed by atoms with Crippen LogP contribution in [0.5, 0.6) is 0 Å². The van der Waals surface area contributed by atoms with Crippen molar-refractivity contribution in [3.63, 3.8) is 0 Å². The number of nitrogens with one attached hydrogen (secondary N) is 1. The van der Waals surface area contributed by atoms with E-state index in [1.165, 1.54) is 5.56 Å². The fourth-order valence-electron chi connectivity index (χ4n) is 2.30. The van der Waals surface area contributed by atoms with Gasteiger partial charge in [-0.15, -0.1) is 0 Å². The van der Waals surface area contributed by atoms with Crippen molar-refractivity contribution >= 4 is 15.9 Å². The Balaban J connectivity index is 1.76. The number of carbonyl (C=O) groups excluding carboxylic acids is 1. The van der Waals surface area contributed by atoms with E-state index in [0.717, 1.165) is 25.9 Å². The first-order valence-electron chi connectivity index (χ1n) is 6.93. The fraction of sp³-hybridized carbons (Fsp3) is 0.500. The highest BCUT2D eigenvalue weighted by Gasteiger charge is 2.21. The predicted molar refractivity (Wildman–Crippen MR) is 81.1 cm³/mol. The van der Waals surface area contributed by atoms with Crippen molar-refractivity contribution in [1.29, 1.82) is 0 Å². The first-order chi connectivity index (χ1) is 9.94. The topological polar surface area (TPSA) is 69.7 Å². The van der Waals surface area contributed by atoms with Crippen molar-refractivity contribution in [2.45, 2.75) is 6.54 Å². The van der Waals surface area contributed by atoms with E-state index < -0.39 is 10.0 Å². The van der Waals surface area contributed by atoms with Crippen molar-refractivity contribution in [3.8, 4) is 0 Å². The summed E-state index contributed by atoms with van der Waals surface area (Å²) in [7, 11) is -3.32. The third-order valence-electron chi connectivity index (χ3n) is 3.46. The third-order valence-corrected chi connectivity index (χ3v) is 4.13. The number of hydrogen-bond donors (Lipinski definition) is 1. The molecule has 2 rings (SSSR count). The van der Waals surface area contributed by atoms with Crippen LogP contribution in [0.15, 0.2) is 30.3 Å². The largest absolute Gasteiger partial charge is 0.339 e. The minimum atomic E-state index is -3.32. The molecule has 21 heavy (non-hydrogen) atoms. The van der Waals surface area contributed by atoms with E-state index in [1.54, 1.807) is 4.90 Å². The van der Waals surface area contributed by atoms with Crippen molar-refractivity contribution in [2.75, 3.05) is 39.0 Å². The zero-order valence-corrected chi connectivity index (χ0v) is 13.0. The molecule has 0 atom stereocenters. The summed E-state index contributed by atoms with van der Waals surface area (Å²) in [6.45, 7) is 3.61. The summed E-state index contributed by atoms with van der Waals surface area (Å²) in [6.07, 6.45) is 1.05. The van der Waals surface area contributed by atoms with Gasteiger partial charge >= 0.3 is 0 Å². The Bertz CT molecular complexity index is 566. The van der Waals surface area contributed by atoms with E-state index >= 15 is 0 Å². The minimum Gasteiger partial charge on any atom is -0.339 e. The van der Waals surface area contributed by atoms with Gasteiger partial charge in [0.15, 0.2) is 0 Å². The van der Waals surface area contributed by atoms with Gasteiger partial charge in [-0.1, -0.05) is 30.3 Å². The highest BCUT2D eigenvalue weighted by atomic mass is 32.2. The second-order valence-corrected chi connectivity index (χ2v) is 7.07. The molecule has 0 spiro atoms. The summed E-state index contributed by atoms with van der Waals surface area (Å²) < 4.78 is 24.2. The standard InChI is InChI=1S/C14H21N3O3S/c1-21(19,20)15-11-14(18)17-9-7-16(8-10-17)12-13-5-3-2-4-6-13/h2-6,15H,7-12H2,1H3. The van der Waals surface area contributed by atoms with Crippen molar-refractivity contribution < 1.29 is 13.2 Å². The number of sulfonamides is 1. The van der Waals surface area contributed by atoms with Gasteiger partial charge < -0.3 is 4.90 Å². The van der Waals surface area contributed by atoms with E-state index in [4.69, 9.17) is 0 Å². The molecular formula is C14H21N3O3S. The number of hydrogen-bond acceptors (Lipinski definition) is 4. The lowest BCUT2D eigenvalue weighted by Crippen LogP contribution is -2.50. The minimum absolute atomic E-state index is 0.155. The van der Waals surface area contributed by atoms with Gasteiger partial charge in [-0.05, 0) is 5.56 Å². The summed E-state index contributed by atoms with van der Waals surface area (Å²) in [5.74, 6) is -0.167. The summed E-state index contributed by atoms with van der Waals surface area (Å²) in [4.78, 5) is 15.9. The summed E-state index contributed by atoms with van der Waals surface area (Å²) >= 11 is 0. The summed E-state index contributed by atoms with van der Waals surface area (Å²) in [5.41, 5.74) is 1.26. The van der Waals surface area contributed by atoms with Gasteiger partial charge in [0.1, 0.15) is 0 Å². The monoisotopic (exact) mass is 311 g/mol. The maximum Gasteiger partial charge on any atom is 0.237 e. The normalized spacial score (nSPS) is 16.9. The Morgan fingerprint density at radius 2 is 1.76 bits per heavy atom. The molecule has 0 aliphatic carbocycles. The van der Waals surface area contributed by atoms with E-state index in [0.29, 0.717) is 13.1 Å². The Morgan fingerprint density at radius 3 is 2.33 bits per heavy atom. The second kappa shape index (κ2) is 7.02. The van der Waals surface area contributed by atoms with Gasteiger partial charge in [0, 0.05) is 32.7 Å². The summed E-state index contributed by atoms with van der Waals surface area (Å²) in [5, 5.41) is 0. The molecule has 1 fully saturated rings. The second-order valence-electron chi connectivity index (χ2n) is 5.24. The van der Waals surface area contributed by atoms with Gasteiger partial charge in [0.05, 0.1) is 12.8 Å². The quantitative estimate of drug-likeness (QED) is 0.823. The Kier molecular flexibility index (Phi) is 5.33. The van der Waals surface area contributed by atoms with Crippen LogP contribution in [-0.4, -0.2) is 63.1 Å². The number of amides is 1. The molecule has 1 aromatic carbocycles. The number of nitrogens with zero attached hydrogens (tertiary/aromatic N) is 2. The molecule has 116 valence electrons. The molecule has 1 aliphatic heterocycles. The lowest BCUT2D eigenvalue weighted by molar-refractivity contribution is -0.131. The molecule has 0 aromatic heterocycles. The number of carbonyl (C=O) groups is 1. The SMILES string of the molecule is CS(=O)(=O)NCC(=O)N1CCN(Cc2ccccc2)CC1. The molecule has 1 amide bonds. The highest BCUT2D eigenvalue weighted by Crippen LogP contribution is 2.08. The molecule has 1 aliphatic rings. The molecule has 1 heterocycles. The maximum atomic E-state index is 11.9. The number of rotatable bonds is 5. The zero-order valence-electron chi connectivity index (χ0n) is 12.2. The van der Waals surface area contributed by atoms with E-state index in [2.05, 4.69) is 21.8 Å². The molecule has 1 aromatic rings. The zero-order chi connectivity index (χ0) is 15.3. The van der Waals surface area contributed by atoms with Crippen LogP contribution >= 0.6 is 0 Å². The van der Waals surface area contributed by atoms with Gasteiger partial charge in [0.25, 0.3) is 0 Å². The molecule has 1 N–H and O–H groups in total. The van der Waals surface area contributed by atoms with Crippen molar-refractivity contribution in [2.24, 2.45) is 0 Å². The van der Waals surface area contributed by atoms with E-state index in [1.807, 2.05) is 18.2 Å². The Hall–Kier alpha value is -1.44. The number of piperazine rings is 1. The van der Waals surface area contributed by atoms with Crippen LogP contribution in [0.25, 0.3) is 0 Å². The average Bonchev–Trinajstić information content (AvgIpc) is 2.46. The molecule has 7 heteroatoms. The maximum absolute atomic E-state index is 11.9. The molecule has 0 unspecified atom stereocenters. The van der Waals surface area contributed by atoms with Gasteiger partial charge in [-0.2, -0.15) is 0 Å². The highest BCUT2D eigenvalue weighted by molar-refractivity contribution is 7.88. The number of benzene rings is 1. The lowest BCUT2D eigenvalue weighted by Gasteiger charge is -2.34. The molecular weight excluding hydrogens is 290 g/mol. The first-order valence-corrected chi connectivity index (χ1v) is 8.82. The average molecular weight is 311 g/mol. The van der Waals surface area contributed by atoms with Crippen LogP contribution in [0.3, 0.4) is 0 Å². The van der Waals surface area contributed by atoms with Crippen LogP contribution in [0.4, 0.5) is 0 Å². The van der Waals surface area contributed by atoms with Crippen molar-refractivity contribution in [1.82, 2.24) is 14.5 Å². The fourth-order valence-corrected chi connectivity index (χ4v) is 2.69. The molecule has 0 radical (unpaired) electrons. The molecule has 1 saturated heterocycles. The molecule has 0 saturated carbocycles. The Labute approximate surface area is 125 Å². The molecule has 6 nitrogen and oxygen atoms in total. The Morgan fingerprint density at radius 1 is 1.14 bits per heavy atom.